The van der Waals surface area contributed by atoms with Crippen molar-refractivity contribution in [3.8, 4) is 11.5 Å². The second kappa shape index (κ2) is 16.1. The SMILES string of the molecule is CNCC(CC1CCCCC1)NC(=O)N1CCCC(C(O)(CCCCOC)c2ccccc2Oc2cccnc2)C1. The second-order valence-corrected chi connectivity index (χ2v) is 11.9. The third-order valence-corrected chi connectivity index (χ3v) is 8.88. The summed E-state index contributed by atoms with van der Waals surface area (Å²) < 4.78 is 11.5. The maximum atomic E-state index is 13.6. The number of carbonyl (C=O) groups is 1. The number of para-hydroxylation sites is 1. The number of likely N-dealkylation sites (N-methyl/N-ethyl adjacent to an activating group) is 1. The van der Waals surface area contributed by atoms with Crippen LogP contribution in [0.5, 0.6) is 11.5 Å². The van der Waals surface area contributed by atoms with Crippen LogP contribution >= 0.6 is 0 Å². The molecule has 2 aliphatic rings. The molecule has 4 rings (SSSR count). The molecule has 1 saturated carbocycles. The summed E-state index contributed by atoms with van der Waals surface area (Å²) >= 11 is 0. The summed E-state index contributed by atoms with van der Waals surface area (Å²) in [7, 11) is 3.65. The molecule has 2 aromatic rings. The van der Waals surface area contributed by atoms with Gasteiger partial charge in [-0.15, -0.1) is 0 Å². The number of aromatic nitrogens is 1. The quantitative estimate of drug-likeness (QED) is 0.248. The Morgan fingerprint density at radius 1 is 1.12 bits per heavy atom. The van der Waals surface area contributed by atoms with Crippen LogP contribution in [0.3, 0.4) is 0 Å². The van der Waals surface area contributed by atoms with Gasteiger partial charge in [0.2, 0.25) is 0 Å². The van der Waals surface area contributed by atoms with Crippen LogP contribution in [0.15, 0.2) is 48.8 Å². The highest BCUT2D eigenvalue weighted by molar-refractivity contribution is 5.74. The lowest BCUT2D eigenvalue weighted by Gasteiger charge is -2.43. The average molecular weight is 567 g/mol. The van der Waals surface area contributed by atoms with Crippen LogP contribution in [0.2, 0.25) is 0 Å². The van der Waals surface area contributed by atoms with E-state index in [1.54, 1.807) is 19.5 Å². The van der Waals surface area contributed by atoms with Gasteiger partial charge in [-0.2, -0.15) is 0 Å². The largest absolute Gasteiger partial charge is 0.455 e. The van der Waals surface area contributed by atoms with Crippen molar-refractivity contribution >= 4 is 6.03 Å². The molecule has 2 heterocycles. The highest BCUT2D eigenvalue weighted by Crippen LogP contribution is 2.44. The van der Waals surface area contributed by atoms with Crippen molar-refractivity contribution in [1.29, 1.82) is 0 Å². The third-order valence-electron chi connectivity index (χ3n) is 8.88. The number of aliphatic hydroxyl groups is 1. The lowest BCUT2D eigenvalue weighted by molar-refractivity contribution is -0.0575. The number of rotatable bonds is 14. The smallest absolute Gasteiger partial charge is 0.317 e. The predicted octanol–water partition coefficient (Wildman–Crippen LogP) is 5.86. The van der Waals surface area contributed by atoms with Crippen LogP contribution < -0.4 is 15.4 Å². The number of nitrogens with one attached hydrogen (secondary N) is 2. The summed E-state index contributed by atoms with van der Waals surface area (Å²) in [5.74, 6) is 1.81. The Morgan fingerprint density at radius 3 is 2.71 bits per heavy atom. The van der Waals surface area contributed by atoms with E-state index in [-0.39, 0.29) is 18.0 Å². The van der Waals surface area contributed by atoms with Crippen molar-refractivity contribution in [1.82, 2.24) is 20.5 Å². The molecule has 3 unspecified atom stereocenters. The van der Waals surface area contributed by atoms with Gasteiger partial charge in [0.25, 0.3) is 0 Å². The zero-order chi connectivity index (χ0) is 28.9. The highest BCUT2D eigenvalue weighted by atomic mass is 16.5. The molecule has 3 N–H and O–H groups in total. The molecule has 1 saturated heterocycles. The summed E-state index contributed by atoms with van der Waals surface area (Å²) in [5.41, 5.74) is -0.392. The number of likely N-dealkylation sites (tertiary alicyclic amines) is 1. The molecule has 1 aromatic heterocycles. The number of methoxy groups -OCH3 is 1. The molecule has 8 heteroatoms. The fourth-order valence-electron chi connectivity index (χ4n) is 6.73. The molecule has 8 nitrogen and oxygen atoms in total. The van der Waals surface area contributed by atoms with E-state index < -0.39 is 5.60 Å². The number of hydrogen-bond acceptors (Lipinski definition) is 6. The number of amides is 2. The summed E-state index contributed by atoms with van der Waals surface area (Å²) in [6.45, 7) is 2.62. The van der Waals surface area contributed by atoms with Crippen molar-refractivity contribution in [2.75, 3.05) is 40.4 Å². The Hall–Kier alpha value is -2.68. The van der Waals surface area contributed by atoms with Gasteiger partial charge in [0.1, 0.15) is 11.5 Å². The maximum Gasteiger partial charge on any atom is 0.317 e. The normalized spacial score (nSPS) is 20.3. The van der Waals surface area contributed by atoms with Crippen LogP contribution in [0.1, 0.15) is 76.2 Å². The average Bonchev–Trinajstić information content (AvgIpc) is 3.01. The van der Waals surface area contributed by atoms with E-state index in [1.165, 1.54) is 32.1 Å². The van der Waals surface area contributed by atoms with Crippen LogP contribution in [-0.4, -0.2) is 67.5 Å². The Bertz CT molecular complexity index is 1050. The number of nitrogens with zero attached hydrogens (tertiary/aromatic N) is 2. The summed E-state index contributed by atoms with van der Waals surface area (Å²) in [4.78, 5) is 19.7. The Kier molecular flexibility index (Phi) is 12.3. The van der Waals surface area contributed by atoms with E-state index in [0.29, 0.717) is 43.5 Å². The molecule has 2 fully saturated rings. The van der Waals surface area contributed by atoms with Crippen molar-refractivity contribution in [2.45, 2.75) is 82.3 Å². The summed E-state index contributed by atoms with van der Waals surface area (Å²) in [5, 5.41) is 19.2. The lowest BCUT2D eigenvalue weighted by atomic mass is 9.73. The second-order valence-electron chi connectivity index (χ2n) is 11.9. The molecular weight excluding hydrogens is 516 g/mol. The van der Waals surface area contributed by atoms with Gasteiger partial charge in [0.15, 0.2) is 0 Å². The first-order chi connectivity index (χ1) is 20.0. The molecule has 0 spiro atoms. The molecule has 226 valence electrons. The number of piperidine rings is 1. The van der Waals surface area contributed by atoms with Gasteiger partial charge in [-0.25, -0.2) is 4.79 Å². The molecule has 2 amide bonds. The number of carbonyl (C=O) groups excluding carboxylic acids is 1. The first-order valence-electron chi connectivity index (χ1n) is 15.6. The number of hydrogen-bond donors (Lipinski definition) is 3. The molecule has 41 heavy (non-hydrogen) atoms. The zero-order valence-corrected chi connectivity index (χ0v) is 25.0. The minimum atomic E-state index is -1.15. The van der Waals surface area contributed by atoms with Gasteiger partial charge >= 0.3 is 6.03 Å². The van der Waals surface area contributed by atoms with Gasteiger partial charge in [0, 0.05) is 57.1 Å². The zero-order valence-electron chi connectivity index (χ0n) is 25.0. The predicted molar refractivity (Wildman–Crippen MR) is 162 cm³/mol. The van der Waals surface area contributed by atoms with Gasteiger partial charge in [0.05, 0.1) is 11.8 Å². The molecule has 1 aliphatic heterocycles. The number of benzene rings is 1. The topological polar surface area (TPSA) is 96.0 Å². The number of pyridine rings is 1. The van der Waals surface area contributed by atoms with Crippen LogP contribution in [-0.2, 0) is 10.3 Å². The molecule has 1 aliphatic carbocycles. The Balaban J connectivity index is 1.51. The first-order valence-corrected chi connectivity index (χ1v) is 15.6. The Labute approximate surface area is 246 Å². The van der Waals surface area contributed by atoms with E-state index in [0.717, 1.165) is 44.2 Å². The van der Waals surface area contributed by atoms with Gasteiger partial charge in [-0.05, 0) is 69.7 Å². The van der Waals surface area contributed by atoms with Crippen molar-refractivity contribution < 1.29 is 19.4 Å². The molecule has 0 bridgehead atoms. The molecule has 1 aromatic carbocycles. The highest BCUT2D eigenvalue weighted by Gasteiger charge is 2.43. The van der Waals surface area contributed by atoms with Crippen LogP contribution in [0.4, 0.5) is 4.79 Å². The third kappa shape index (κ3) is 8.90. The van der Waals surface area contributed by atoms with Crippen LogP contribution in [0, 0.1) is 11.8 Å². The van der Waals surface area contributed by atoms with E-state index in [4.69, 9.17) is 9.47 Å². The van der Waals surface area contributed by atoms with E-state index in [1.807, 2.05) is 48.3 Å². The minimum absolute atomic E-state index is 0.0209. The van der Waals surface area contributed by atoms with Crippen molar-refractivity contribution in [3.05, 3.63) is 54.4 Å². The molecular formula is C33H50N4O4. The number of ether oxygens (including phenoxy) is 2. The first kappa shape index (κ1) is 31.3. The summed E-state index contributed by atoms with van der Waals surface area (Å²) in [6.07, 6.45) is 14.8. The van der Waals surface area contributed by atoms with E-state index in [2.05, 4.69) is 15.6 Å². The Morgan fingerprint density at radius 2 is 1.95 bits per heavy atom. The molecule has 0 radical (unpaired) electrons. The number of unbranched alkanes of at least 4 members (excludes halogenated alkanes) is 1. The van der Waals surface area contributed by atoms with Crippen molar-refractivity contribution in [3.63, 3.8) is 0 Å². The monoisotopic (exact) mass is 566 g/mol. The summed E-state index contributed by atoms with van der Waals surface area (Å²) in [6, 6.07) is 11.5. The van der Waals surface area contributed by atoms with Gasteiger partial charge < -0.3 is 30.1 Å². The van der Waals surface area contributed by atoms with E-state index in [9.17, 15) is 9.90 Å². The number of urea groups is 1. The minimum Gasteiger partial charge on any atom is -0.455 e. The fraction of sp³-hybridized carbons (Fsp3) is 0.636. The van der Waals surface area contributed by atoms with Gasteiger partial charge in [-0.3, -0.25) is 4.98 Å². The maximum absolute atomic E-state index is 13.6. The fourth-order valence-corrected chi connectivity index (χ4v) is 6.73. The lowest BCUT2D eigenvalue weighted by Crippen LogP contribution is -2.54. The van der Waals surface area contributed by atoms with Crippen LogP contribution in [0.25, 0.3) is 0 Å². The standard InChI is InChI=1S/C33H50N4O4/c1-34-23-28(22-26-12-4-3-5-13-26)36-32(38)37-20-11-14-27(25-37)33(39,18-8-9-21-40-2)30-16-6-7-17-31(30)41-29-15-10-19-35-24-29/h6-7,10,15-17,19,24,26-28,34,39H,3-5,8-9,11-14,18,20-23,25H2,1-2H3,(H,36,38). The van der Waals surface area contributed by atoms with Gasteiger partial charge in [-0.1, -0.05) is 50.3 Å². The molecule has 3 atom stereocenters. The van der Waals surface area contributed by atoms with E-state index >= 15 is 0 Å². The van der Waals surface area contributed by atoms with Crippen molar-refractivity contribution in [2.24, 2.45) is 11.8 Å².